The Bertz CT molecular complexity index is 476. The van der Waals surface area contributed by atoms with E-state index in [1.54, 1.807) is 17.8 Å². The Morgan fingerprint density at radius 2 is 2.10 bits per heavy atom. The van der Waals surface area contributed by atoms with Gasteiger partial charge in [-0.1, -0.05) is 31.0 Å². The fraction of sp³-hybridized carbons (Fsp3) is 0.667. The van der Waals surface area contributed by atoms with Crippen molar-refractivity contribution in [2.24, 2.45) is 0 Å². The molecule has 0 amide bonds. The summed E-state index contributed by atoms with van der Waals surface area (Å²) in [6.45, 7) is 0. The summed E-state index contributed by atoms with van der Waals surface area (Å²) in [4.78, 5) is 10.7. The van der Waals surface area contributed by atoms with Crippen molar-refractivity contribution in [3.05, 3.63) is 17.9 Å². The molecule has 0 bridgehead atoms. The number of furan rings is 1. The van der Waals surface area contributed by atoms with Crippen LogP contribution < -0.4 is 0 Å². The Kier molecular flexibility index (Phi) is 4.08. The summed E-state index contributed by atoms with van der Waals surface area (Å²) in [7, 11) is 0. The number of thioether (sulfide) groups is 1. The molecule has 3 rings (SSSR count). The standard InChI is InChI=1S/C15H20O4S/c16-14(17)12-4-5-13(18-12)20-10-11-6-9-15(19-11)7-2-1-3-8-15/h4-5,11H,1-3,6-10H2,(H,16,17). The van der Waals surface area contributed by atoms with E-state index in [0.717, 1.165) is 12.2 Å². The van der Waals surface area contributed by atoms with Gasteiger partial charge in [-0.2, -0.15) is 0 Å². The van der Waals surface area contributed by atoms with Gasteiger partial charge in [-0.25, -0.2) is 4.79 Å². The molecule has 2 heterocycles. The highest BCUT2D eigenvalue weighted by atomic mass is 32.2. The number of rotatable bonds is 4. The number of carboxylic acids is 1. The second-order valence-corrected chi connectivity index (χ2v) is 6.78. The fourth-order valence-corrected chi connectivity index (χ4v) is 4.16. The lowest BCUT2D eigenvalue weighted by Crippen LogP contribution is -2.32. The summed E-state index contributed by atoms with van der Waals surface area (Å²) in [5.41, 5.74) is 0.152. The molecule has 20 heavy (non-hydrogen) atoms. The number of aromatic carboxylic acids is 1. The second-order valence-electron chi connectivity index (χ2n) is 5.76. The van der Waals surface area contributed by atoms with Crippen molar-refractivity contribution < 1.29 is 19.1 Å². The molecule has 2 fully saturated rings. The van der Waals surface area contributed by atoms with E-state index in [4.69, 9.17) is 14.3 Å². The van der Waals surface area contributed by atoms with Crippen molar-refractivity contribution >= 4 is 17.7 Å². The Labute approximate surface area is 122 Å². The zero-order valence-corrected chi connectivity index (χ0v) is 12.3. The molecule has 0 aromatic carbocycles. The van der Waals surface area contributed by atoms with Gasteiger partial charge >= 0.3 is 5.97 Å². The Morgan fingerprint density at radius 3 is 2.80 bits per heavy atom. The van der Waals surface area contributed by atoms with Crippen molar-refractivity contribution in [2.45, 2.75) is 61.7 Å². The van der Waals surface area contributed by atoms with Crippen LogP contribution in [-0.2, 0) is 4.74 Å². The average molecular weight is 296 g/mol. The maximum absolute atomic E-state index is 10.7. The van der Waals surface area contributed by atoms with Crippen LogP contribution in [0.2, 0.25) is 0 Å². The fourth-order valence-electron chi connectivity index (χ4n) is 3.26. The molecule has 5 heteroatoms. The third kappa shape index (κ3) is 3.04. The number of carboxylic acid groups (broad SMARTS) is 1. The highest BCUT2D eigenvalue weighted by Gasteiger charge is 2.40. The summed E-state index contributed by atoms with van der Waals surface area (Å²) < 4.78 is 11.5. The van der Waals surface area contributed by atoms with Crippen LogP contribution in [0.15, 0.2) is 21.6 Å². The molecule has 0 radical (unpaired) electrons. The number of carbonyl (C=O) groups is 1. The van der Waals surface area contributed by atoms with E-state index in [2.05, 4.69) is 0 Å². The third-order valence-corrected chi connectivity index (χ3v) is 5.35. The summed E-state index contributed by atoms with van der Waals surface area (Å²) in [5.74, 6) is -0.173. The number of ether oxygens (including phenoxy) is 1. The Morgan fingerprint density at radius 1 is 1.30 bits per heavy atom. The SMILES string of the molecule is O=C(O)c1ccc(SCC2CCC3(CCCCC3)O2)o1. The lowest BCUT2D eigenvalue weighted by Gasteiger charge is -2.33. The first kappa shape index (κ1) is 14.0. The zero-order chi connectivity index (χ0) is 14.0. The summed E-state index contributed by atoms with van der Waals surface area (Å²) in [6, 6.07) is 3.22. The summed E-state index contributed by atoms with van der Waals surface area (Å²) >= 11 is 1.55. The number of hydrogen-bond acceptors (Lipinski definition) is 4. The molecule has 1 unspecified atom stereocenters. The molecule has 1 spiro atoms. The first-order valence-electron chi connectivity index (χ1n) is 7.31. The van der Waals surface area contributed by atoms with Crippen molar-refractivity contribution in [3.8, 4) is 0 Å². The molecule has 2 aliphatic rings. The van der Waals surface area contributed by atoms with E-state index in [9.17, 15) is 4.79 Å². The third-order valence-electron chi connectivity index (χ3n) is 4.31. The van der Waals surface area contributed by atoms with Crippen molar-refractivity contribution in [2.75, 3.05) is 5.75 Å². The molecule has 1 saturated carbocycles. The van der Waals surface area contributed by atoms with Gasteiger partial charge in [-0.3, -0.25) is 0 Å². The molecule has 1 aliphatic heterocycles. The zero-order valence-electron chi connectivity index (χ0n) is 11.5. The first-order chi connectivity index (χ1) is 9.67. The van der Waals surface area contributed by atoms with E-state index in [1.165, 1.54) is 44.6 Å². The molecular formula is C15H20O4S. The molecule has 1 aromatic rings. The van der Waals surface area contributed by atoms with Gasteiger partial charge in [0.1, 0.15) is 0 Å². The van der Waals surface area contributed by atoms with Crippen LogP contribution in [0.4, 0.5) is 0 Å². The normalized spacial score (nSPS) is 25.1. The quantitative estimate of drug-likeness (QED) is 0.852. The van der Waals surface area contributed by atoms with Crippen LogP contribution in [0.1, 0.15) is 55.5 Å². The summed E-state index contributed by atoms with van der Waals surface area (Å²) in [5, 5.41) is 9.48. The maximum atomic E-state index is 10.7. The van der Waals surface area contributed by atoms with Crippen LogP contribution >= 0.6 is 11.8 Å². The smallest absolute Gasteiger partial charge is 0.371 e. The van der Waals surface area contributed by atoms with E-state index < -0.39 is 5.97 Å². The van der Waals surface area contributed by atoms with Crippen LogP contribution in [0, 0.1) is 0 Å². The van der Waals surface area contributed by atoms with Crippen LogP contribution in [0.25, 0.3) is 0 Å². The molecule has 4 nitrogen and oxygen atoms in total. The Hall–Kier alpha value is -0.940. The minimum Gasteiger partial charge on any atom is -0.475 e. The van der Waals surface area contributed by atoms with Crippen molar-refractivity contribution in [1.29, 1.82) is 0 Å². The molecule has 110 valence electrons. The minimum atomic E-state index is -1.02. The molecule has 1 aromatic heterocycles. The van der Waals surface area contributed by atoms with Gasteiger partial charge in [0.15, 0.2) is 5.09 Å². The van der Waals surface area contributed by atoms with Gasteiger partial charge in [-0.05, 0) is 37.8 Å². The maximum Gasteiger partial charge on any atom is 0.371 e. The van der Waals surface area contributed by atoms with Gasteiger partial charge in [0.2, 0.25) is 5.76 Å². The lowest BCUT2D eigenvalue weighted by molar-refractivity contribution is -0.0555. The average Bonchev–Trinajstić information content (AvgIpc) is 3.05. The predicted molar refractivity (Wildman–Crippen MR) is 76.3 cm³/mol. The van der Waals surface area contributed by atoms with E-state index in [-0.39, 0.29) is 17.5 Å². The lowest BCUT2D eigenvalue weighted by atomic mass is 9.83. The van der Waals surface area contributed by atoms with E-state index >= 15 is 0 Å². The largest absolute Gasteiger partial charge is 0.475 e. The van der Waals surface area contributed by atoms with Crippen molar-refractivity contribution in [3.63, 3.8) is 0 Å². The van der Waals surface area contributed by atoms with Gasteiger partial charge in [0.25, 0.3) is 0 Å². The highest BCUT2D eigenvalue weighted by Crippen LogP contribution is 2.43. The minimum absolute atomic E-state index is 0.00333. The van der Waals surface area contributed by atoms with Crippen LogP contribution in [0.5, 0.6) is 0 Å². The van der Waals surface area contributed by atoms with Gasteiger partial charge in [0, 0.05) is 5.75 Å². The monoisotopic (exact) mass is 296 g/mol. The second kappa shape index (κ2) is 5.82. The van der Waals surface area contributed by atoms with Crippen LogP contribution in [0.3, 0.4) is 0 Å². The van der Waals surface area contributed by atoms with Gasteiger partial charge < -0.3 is 14.3 Å². The molecular weight excluding hydrogens is 276 g/mol. The van der Waals surface area contributed by atoms with Crippen LogP contribution in [-0.4, -0.2) is 28.5 Å². The summed E-state index contributed by atoms with van der Waals surface area (Å²) in [6.07, 6.45) is 8.90. The number of hydrogen-bond donors (Lipinski definition) is 1. The van der Waals surface area contributed by atoms with Gasteiger partial charge in [-0.15, -0.1) is 0 Å². The van der Waals surface area contributed by atoms with Crippen molar-refractivity contribution in [1.82, 2.24) is 0 Å². The molecule has 1 atom stereocenters. The predicted octanol–water partition coefficient (Wildman–Crippen LogP) is 3.95. The molecule has 1 aliphatic carbocycles. The molecule has 1 saturated heterocycles. The van der Waals surface area contributed by atoms with E-state index in [1.807, 2.05) is 0 Å². The van der Waals surface area contributed by atoms with E-state index in [0.29, 0.717) is 5.09 Å². The topological polar surface area (TPSA) is 59.7 Å². The Balaban J connectivity index is 1.50. The molecule has 1 N–H and O–H groups in total. The first-order valence-corrected chi connectivity index (χ1v) is 8.29. The highest BCUT2D eigenvalue weighted by molar-refractivity contribution is 7.99. The van der Waals surface area contributed by atoms with Gasteiger partial charge in [0.05, 0.1) is 11.7 Å².